The molecule has 3 fully saturated rings. The highest BCUT2D eigenvalue weighted by atomic mass is 32.1. The van der Waals surface area contributed by atoms with Crippen molar-refractivity contribution in [3.05, 3.63) is 5.01 Å². The molecular formula is C15H21N5O3S. The van der Waals surface area contributed by atoms with Gasteiger partial charge in [-0.05, 0) is 25.7 Å². The molecule has 9 heteroatoms. The molecule has 0 unspecified atom stereocenters. The Kier molecular flexibility index (Phi) is 4.36. The highest BCUT2D eigenvalue weighted by Crippen LogP contribution is 2.31. The highest BCUT2D eigenvalue weighted by molar-refractivity contribution is 7.15. The average Bonchev–Trinajstić information content (AvgIpc) is 3.34. The predicted octanol–water partition coefficient (Wildman–Crippen LogP) is 1.27. The van der Waals surface area contributed by atoms with E-state index in [1.165, 1.54) is 11.3 Å². The van der Waals surface area contributed by atoms with E-state index in [2.05, 4.69) is 15.5 Å². The monoisotopic (exact) mass is 351 g/mol. The lowest BCUT2D eigenvalue weighted by Gasteiger charge is -2.34. The van der Waals surface area contributed by atoms with Gasteiger partial charge in [-0.1, -0.05) is 11.3 Å². The maximum atomic E-state index is 12.4. The van der Waals surface area contributed by atoms with Crippen LogP contribution in [0, 0.1) is 0 Å². The van der Waals surface area contributed by atoms with Crippen LogP contribution in [-0.2, 0) is 9.53 Å². The number of nitrogens with zero attached hydrogens (tertiary/aromatic N) is 4. The van der Waals surface area contributed by atoms with E-state index in [0.717, 1.165) is 43.9 Å². The third kappa shape index (κ3) is 3.36. The van der Waals surface area contributed by atoms with E-state index in [0.29, 0.717) is 30.2 Å². The van der Waals surface area contributed by atoms with Crippen LogP contribution in [0.3, 0.4) is 0 Å². The first-order chi connectivity index (χ1) is 11.7. The Morgan fingerprint density at radius 1 is 1.17 bits per heavy atom. The zero-order valence-corrected chi connectivity index (χ0v) is 14.3. The second-order valence-corrected chi connectivity index (χ2v) is 7.51. The number of nitrogens with one attached hydrogen (secondary N) is 1. The van der Waals surface area contributed by atoms with Crippen molar-refractivity contribution in [2.75, 3.05) is 38.2 Å². The third-order valence-electron chi connectivity index (χ3n) is 4.76. The second-order valence-electron chi connectivity index (χ2n) is 6.50. The lowest BCUT2D eigenvalue weighted by atomic mass is 10.0. The number of carbonyl (C=O) groups is 2. The number of piperazine rings is 1. The number of aromatic nitrogens is 2. The van der Waals surface area contributed by atoms with Crippen molar-refractivity contribution in [1.82, 2.24) is 20.0 Å². The van der Waals surface area contributed by atoms with Gasteiger partial charge in [-0.15, -0.1) is 10.2 Å². The van der Waals surface area contributed by atoms with Gasteiger partial charge in [-0.3, -0.25) is 10.1 Å². The summed E-state index contributed by atoms with van der Waals surface area (Å²) in [4.78, 5) is 27.9. The van der Waals surface area contributed by atoms with Crippen LogP contribution in [0.4, 0.5) is 9.93 Å². The molecule has 3 heterocycles. The van der Waals surface area contributed by atoms with Crippen molar-refractivity contribution < 1.29 is 14.3 Å². The number of hydrogen-bond acceptors (Lipinski definition) is 6. The summed E-state index contributed by atoms with van der Waals surface area (Å²) in [5, 5.41) is 12.5. The summed E-state index contributed by atoms with van der Waals surface area (Å²) in [7, 11) is 0. The van der Waals surface area contributed by atoms with Gasteiger partial charge in [-0.25, -0.2) is 4.79 Å². The van der Waals surface area contributed by atoms with Crippen molar-refractivity contribution in [3.63, 3.8) is 0 Å². The number of rotatable bonds is 3. The standard InChI is InChI=1S/C15H21N5O3S/c21-12-9-19(5-6-20(12)11-1-2-11)15(22)16-14-18-17-13(24-14)10-3-7-23-8-4-10/h10-11H,1-9H2,(H,16,18,22). The molecule has 1 aromatic heterocycles. The van der Waals surface area contributed by atoms with E-state index in [1.807, 2.05) is 4.90 Å². The Hall–Kier alpha value is -1.74. The lowest BCUT2D eigenvalue weighted by Crippen LogP contribution is -2.53. The molecule has 0 atom stereocenters. The van der Waals surface area contributed by atoms with E-state index in [4.69, 9.17) is 4.74 Å². The van der Waals surface area contributed by atoms with Crippen LogP contribution in [-0.4, -0.2) is 70.8 Å². The van der Waals surface area contributed by atoms with Gasteiger partial charge in [0.1, 0.15) is 11.6 Å². The molecular weight excluding hydrogens is 330 g/mol. The normalized spacial score (nSPS) is 22.8. The van der Waals surface area contributed by atoms with Crippen LogP contribution in [0.1, 0.15) is 36.6 Å². The predicted molar refractivity (Wildman–Crippen MR) is 88.0 cm³/mol. The fourth-order valence-corrected chi connectivity index (χ4v) is 4.10. The average molecular weight is 351 g/mol. The summed E-state index contributed by atoms with van der Waals surface area (Å²) >= 11 is 1.42. The van der Waals surface area contributed by atoms with Crippen LogP contribution >= 0.6 is 11.3 Å². The van der Waals surface area contributed by atoms with E-state index >= 15 is 0 Å². The van der Waals surface area contributed by atoms with Gasteiger partial charge >= 0.3 is 6.03 Å². The number of urea groups is 1. The molecule has 0 bridgehead atoms. The van der Waals surface area contributed by atoms with Gasteiger partial charge in [0, 0.05) is 38.3 Å². The molecule has 0 aromatic carbocycles. The SMILES string of the molecule is O=C(Nc1nnc(C2CCOCC2)s1)N1CCN(C2CC2)C(=O)C1. The zero-order chi connectivity index (χ0) is 16.5. The van der Waals surface area contributed by atoms with Crippen molar-refractivity contribution in [3.8, 4) is 0 Å². The Balaban J connectivity index is 1.32. The van der Waals surface area contributed by atoms with Crippen molar-refractivity contribution in [2.24, 2.45) is 0 Å². The fraction of sp³-hybridized carbons (Fsp3) is 0.733. The van der Waals surface area contributed by atoms with E-state index < -0.39 is 0 Å². The van der Waals surface area contributed by atoms with Crippen LogP contribution in [0.2, 0.25) is 0 Å². The van der Waals surface area contributed by atoms with E-state index in [-0.39, 0.29) is 18.5 Å². The Morgan fingerprint density at radius 3 is 2.67 bits per heavy atom. The third-order valence-corrected chi connectivity index (χ3v) is 5.76. The summed E-state index contributed by atoms with van der Waals surface area (Å²) in [6, 6.07) is 0.140. The number of ether oxygens (including phenoxy) is 1. The molecule has 2 saturated heterocycles. The van der Waals surface area contributed by atoms with Crippen LogP contribution in [0.25, 0.3) is 0 Å². The summed E-state index contributed by atoms with van der Waals surface area (Å²) in [6.45, 7) is 2.84. The molecule has 3 aliphatic rings. The van der Waals surface area contributed by atoms with Gasteiger partial charge in [0.15, 0.2) is 0 Å². The molecule has 4 rings (SSSR count). The molecule has 8 nitrogen and oxygen atoms in total. The first-order valence-electron chi connectivity index (χ1n) is 8.47. The minimum atomic E-state index is -0.270. The molecule has 130 valence electrons. The van der Waals surface area contributed by atoms with Crippen LogP contribution < -0.4 is 5.32 Å². The highest BCUT2D eigenvalue weighted by Gasteiger charge is 2.37. The molecule has 2 aliphatic heterocycles. The van der Waals surface area contributed by atoms with Crippen LogP contribution in [0.15, 0.2) is 0 Å². The van der Waals surface area contributed by atoms with Crippen molar-refractivity contribution in [2.45, 2.75) is 37.6 Å². The molecule has 3 amide bonds. The minimum absolute atomic E-state index is 0.0408. The number of amides is 3. The first-order valence-corrected chi connectivity index (χ1v) is 9.29. The molecule has 1 aromatic rings. The topological polar surface area (TPSA) is 87.7 Å². The van der Waals surface area contributed by atoms with E-state index in [1.54, 1.807) is 4.90 Å². The number of carbonyl (C=O) groups excluding carboxylic acids is 2. The van der Waals surface area contributed by atoms with Crippen molar-refractivity contribution >= 4 is 28.4 Å². The fourth-order valence-electron chi connectivity index (χ4n) is 3.20. The smallest absolute Gasteiger partial charge is 0.324 e. The summed E-state index contributed by atoms with van der Waals surface area (Å²) in [5.74, 6) is 0.407. The Bertz CT molecular complexity index is 626. The largest absolute Gasteiger partial charge is 0.381 e. The molecule has 24 heavy (non-hydrogen) atoms. The Labute approximate surface area is 144 Å². The summed E-state index contributed by atoms with van der Waals surface area (Å²) in [6.07, 6.45) is 4.08. The second kappa shape index (κ2) is 6.64. The van der Waals surface area contributed by atoms with Gasteiger partial charge < -0.3 is 14.5 Å². The maximum absolute atomic E-state index is 12.4. The molecule has 1 aliphatic carbocycles. The first kappa shape index (κ1) is 15.8. The maximum Gasteiger partial charge on any atom is 0.324 e. The van der Waals surface area contributed by atoms with Crippen LogP contribution in [0.5, 0.6) is 0 Å². The molecule has 1 saturated carbocycles. The van der Waals surface area contributed by atoms with Gasteiger partial charge in [-0.2, -0.15) is 0 Å². The summed E-state index contributed by atoms with van der Waals surface area (Å²) < 4.78 is 5.36. The lowest BCUT2D eigenvalue weighted by molar-refractivity contribution is -0.135. The Morgan fingerprint density at radius 2 is 1.96 bits per heavy atom. The summed E-state index contributed by atoms with van der Waals surface area (Å²) in [5.41, 5.74) is 0. The number of anilines is 1. The van der Waals surface area contributed by atoms with Gasteiger partial charge in [0.2, 0.25) is 11.0 Å². The van der Waals surface area contributed by atoms with Crippen molar-refractivity contribution in [1.29, 1.82) is 0 Å². The van der Waals surface area contributed by atoms with Gasteiger partial charge in [0.25, 0.3) is 0 Å². The zero-order valence-electron chi connectivity index (χ0n) is 13.4. The quantitative estimate of drug-likeness (QED) is 0.886. The molecule has 0 radical (unpaired) electrons. The minimum Gasteiger partial charge on any atom is -0.381 e. The molecule has 0 spiro atoms. The number of hydrogen-bond donors (Lipinski definition) is 1. The van der Waals surface area contributed by atoms with Gasteiger partial charge in [0.05, 0.1) is 0 Å². The molecule has 1 N–H and O–H groups in total. The van der Waals surface area contributed by atoms with E-state index in [9.17, 15) is 9.59 Å².